The zero-order valence-electron chi connectivity index (χ0n) is 13.4. The van der Waals surface area contributed by atoms with Gasteiger partial charge >= 0.3 is 0 Å². The molecule has 0 amide bonds. The summed E-state index contributed by atoms with van der Waals surface area (Å²) in [5, 5.41) is 0.278. The van der Waals surface area contributed by atoms with Crippen molar-refractivity contribution < 1.29 is 13.2 Å². The molecule has 0 aromatic heterocycles. The molecular formula is C17H20ClNO3S. The third kappa shape index (κ3) is 4.05. The Morgan fingerprint density at radius 2 is 1.91 bits per heavy atom. The number of methoxy groups -OCH3 is 1. The summed E-state index contributed by atoms with van der Waals surface area (Å²) in [6.07, 6.45) is 0. The summed E-state index contributed by atoms with van der Waals surface area (Å²) in [5.74, 6) is 0.451. The molecule has 2 rings (SSSR count). The van der Waals surface area contributed by atoms with Gasteiger partial charge in [-0.25, -0.2) is 8.42 Å². The molecule has 2 aromatic rings. The summed E-state index contributed by atoms with van der Waals surface area (Å²) in [6.45, 7) is 4.50. The van der Waals surface area contributed by atoms with E-state index in [1.807, 2.05) is 38.1 Å². The Bertz CT molecular complexity index is 790. The summed E-state index contributed by atoms with van der Waals surface area (Å²) >= 11 is 6.06. The predicted octanol–water partition coefficient (Wildman–Crippen LogP) is 3.87. The highest BCUT2D eigenvalue weighted by atomic mass is 35.5. The van der Waals surface area contributed by atoms with Gasteiger partial charge in [0.15, 0.2) is 0 Å². The van der Waals surface area contributed by atoms with Crippen molar-refractivity contribution in [1.29, 1.82) is 0 Å². The molecule has 0 aliphatic rings. The van der Waals surface area contributed by atoms with E-state index in [2.05, 4.69) is 0 Å². The second kappa shape index (κ2) is 7.34. The predicted molar refractivity (Wildman–Crippen MR) is 92.5 cm³/mol. The van der Waals surface area contributed by atoms with Gasteiger partial charge < -0.3 is 4.74 Å². The number of rotatable bonds is 6. The van der Waals surface area contributed by atoms with Crippen LogP contribution < -0.4 is 4.74 Å². The van der Waals surface area contributed by atoms with Gasteiger partial charge in [-0.1, -0.05) is 48.4 Å². The molecule has 0 spiro atoms. The van der Waals surface area contributed by atoms with Crippen molar-refractivity contribution in [3.63, 3.8) is 0 Å². The third-order valence-corrected chi connectivity index (χ3v) is 5.77. The Labute approximate surface area is 142 Å². The fourth-order valence-electron chi connectivity index (χ4n) is 2.34. The summed E-state index contributed by atoms with van der Waals surface area (Å²) in [5.41, 5.74) is 2.05. The molecule has 0 heterocycles. The molecule has 4 nitrogen and oxygen atoms in total. The average Bonchev–Trinajstić information content (AvgIpc) is 2.52. The van der Waals surface area contributed by atoms with Gasteiger partial charge in [0.05, 0.1) is 17.0 Å². The van der Waals surface area contributed by atoms with E-state index in [0.717, 1.165) is 11.1 Å². The molecule has 0 aliphatic carbocycles. The topological polar surface area (TPSA) is 46.6 Å². The highest BCUT2D eigenvalue weighted by Gasteiger charge is 2.24. The standard InChI is InChI=1S/C17H20ClNO3S/c1-4-19(12-14-7-5-6-13(2)10-14)23(20,21)15-8-9-17(22-3)16(18)11-15/h5-11H,4,12H2,1-3H3. The molecule has 124 valence electrons. The Morgan fingerprint density at radius 1 is 1.17 bits per heavy atom. The van der Waals surface area contributed by atoms with Crippen molar-refractivity contribution in [2.75, 3.05) is 13.7 Å². The third-order valence-electron chi connectivity index (χ3n) is 3.56. The van der Waals surface area contributed by atoms with Crippen molar-refractivity contribution in [2.24, 2.45) is 0 Å². The minimum atomic E-state index is -3.62. The van der Waals surface area contributed by atoms with Crippen LogP contribution in [0.5, 0.6) is 5.75 Å². The van der Waals surface area contributed by atoms with Gasteiger partial charge in [-0.3, -0.25) is 0 Å². The Kier molecular flexibility index (Phi) is 5.68. The van der Waals surface area contributed by atoms with Crippen molar-refractivity contribution in [3.8, 4) is 5.75 Å². The molecule has 6 heteroatoms. The average molecular weight is 354 g/mol. The van der Waals surface area contributed by atoms with Crippen LogP contribution in [0.4, 0.5) is 0 Å². The van der Waals surface area contributed by atoms with E-state index in [9.17, 15) is 8.42 Å². The molecular weight excluding hydrogens is 334 g/mol. The van der Waals surface area contributed by atoms with Crippen LogP contribution in [0.2, 0.25) is 5.02 Å². The Morgan fingerprint density at radius 3 is 2.48 bits per heavy atom. The van der Waals surface area contributed by atoms with Crippen LogP contribution >= 0.6 is 11.6 Å². The molecule has 0 radical (unpaired) electrons. The second-order valence-corrected chi connectivity index (χ2v) is 7.56. The number of sulfonamides is 1. The number of benzene rings is 2. The largest absolute Gasteiger partial charge is 0.495 e. The molecule has 0 bridgehead atoms. The van der Waals surface area contributed by atoms with Gasteiger partial charge in [-0.2, -0.15) is 4.31 Å². The van der Waals surface area contributed by atoms with E-state index in [-0.39, 0.29) is 9.92 Å². The van der Waals surface area contributed by atoms with Crippen molar-refractivity contribution >= 4 is 21.6 Å². The van der Waals surface area contributed by atoms with E-state index in [1.54, 1.807) is 6.07 Å². The molecule has 2 aromatic carbocycles. The molecule has 0 aliphatic heterocycles. The number of nitrogens with zero attached hydrogens (tertiary/aromatic N) is 1. The van der Waals surface area contributed by atoms with Crippen LogP contribution in [-0.4, -0.2) is 26.4 Å². The number of hydrogen-bond acceptors (Lipinski definition) is 3. The van der Waals surface area contributed by atoms with Gasteiger partial charge in [-0.05, 0) is 30.7 Å². The van der Waals surface area contributed by atoms with Crippen LogP contribution in [0, 0.1) is 6.92 Å². The number of hydrogen-bond donors (Lipinski definition) is 0. The fraction of sp³-hybridized carbons (Fsp3) is 0.294. The normalized spacial score (nSPS) is 11.7. The maximum Gasteiger partial charge on any atom is 0.243 e. The quantitative estimate of drug-likeness (QED) is 0.792. The number of ether oxygens (including phenoxy) is 1. The molecule has 23 heavy (non-hydrogen) atoms. The highest BCUT2D eigenvalue weighted by molar-refractivity contribution is 7.89. The smallest absolute Gasteiger partial charge is 0.243 e. The molecule has 0 atom stereocenters. The lowest BCUT2D eigenvalue weighted by Gasteiger charge is -2.21. The maximum absolute atomic E-state index is 12.8. The van der Waals surface area contributed by atoms with Gasteiger partial charge in [0.25, 0.3) is 0 Å². The summed E-state index contributed by atoms with van der Waals surface area (Å²) in [7, 11) is -2.12. The lowest BCUT2D eigenvalue weighted by atomic mass is 10.1. The first-order valence-electron chi connectivity index (χ1n) is 7.27. The lowest BCUT2D eigenvalue weighted by molar-refractivity contribution is 0.413. The monoisotopic (exact) mass is 353 g/mol. The van der Waals surface area contributed by atoms with Crippen LogP contribution in [0.1, 0.15) is 18.1 Å². The minimum Gasteiger partial charge on any atom is -0.495 e. The van der Waals surface area contributed by atoms with E-state index in [0.29, 0.717) is 18.8 Å². The Hall–Kier alpha value is -1.56. The fourth-order valence-corrected chi connectivity index (χ4v) is 4.12. The second-order valence-electron chi connectivity index (χ2n) is 5.22. The molecule has 0 unspecified atom stereocenters. The number of aryl methyl sites for hydroxylation is 1. The van der Waals surface area contributed by atoms with Crippen molar-refractivity contribution in [1.82, 2.24) is 4.31 Å². The summed E-state index contributed by atoms with van der Waals surface area (Å²) in [6, 6.07) is 12.3. The zero-order chi connectivity index (χ0) is 17.0. The Balaban J connectivity index is 2.33. The SMILES string of the molecule is CCN(Cc1cccc(C)c1)S(=O)(=O)c1ccc(OC)c(Cl)c1. The van der Waals surface area contributed by atoms with Crippen LogP contribution in [0.25, 0.3) is 0 Å². The van der Waals surface area contributed by atoms with Crippen LogP contribution in [0.3, 0.4) is 0 Å². The van der Waals surface area contributed by atoms with Crippen LogP contribution in [-0.2, 0) is 16.6 Å². The molecule has 0 saturated heterocycles. The minimum absolute atomic E-state index is 0.165. The van der Waals surface area contributed by atoms with Gasteiger partial charge in [0.2, 0.25) is 10.0 Å². The molecule has 0 N–H and O–H groups in total. The highest BCUT2D eigenvalue weighted by Crippen LogP contribution is 2.28. The van der Waals surface area contributed by atoms with Crippen molar-refractivity contribution in [2.45, 2.75) is 25.3 Å². The van der Waals surface area contributed by atoms with E-state index >= 15 is 0 Å². The summed E-state index contributed by atoms with van der Waals surface area (Å²) in [4.78, 5) is 0.165. The van der Waals surface area contributed by atoms with Crippen molar-refractivity contribution in [3.05, 3.63) is 58.6 Å². The van der Waals surface area contributed by atoms with E-state index in [4.69, 9.17) is 16.3 Å². The molecule has 0 saturated carbocycles. The lowest BCUT2D eigenvalue weighted by Crippen LogP contribution is -2.30. The number of halogens is 1. The van der Waals surface area contributed by atoms with E-state index in [1.165, 1.54) is 23.5 Å². The van der Waals surface area contributed by atoms with Gasteiger partial charge in [-0.15, -0.1) is 0 Å². The van der Waals surface area contributed by atoms with Gasteiger partial charge in [0, 0.05) is 13.1 Å². The van der Waals surface area contributed by atoms with Crippen LogP contribution in [0.15, 0.2) is 47.4 Å². The first kappa shape index (κ1) is 17.8. The van der Waals surface area contributed by atoms with E-state index < -0.39 is 10.0 Å². The summed E-state index contributed by atoms with van der Waals surface area (Å²) < 4.78 is 32.2. The van der Waals surface area contributed by atoms with Gasteiger partial charge in [0.1, 0.15) is 5.75 Å². The first-order chi connectivity index (χ1) is 10.9. The first-order valence-corrected chi connectivity index (χ1v) is 9.09. The molecule has 0 fully saturated rings. The zero-order valence-corrected chi connectivity index (χ0v) is 15.0. The maximum atomic E-state index is 12.8.